The first-order chi connectivity index (χ1) is 16.0. The van der Waals surface area contributed by atoms with Gasteiger partial charge >= 0.3 is 0 Å². The van der Waals surface area contributed by atoms with Crippen LogP contribution < -0.4 is 14.4 Å². The van der Waals surface area contributed by atoms with Crippen molar-refractivity contribution in [3.05, 3.63) is 94.8 Å². The summed E-state index contributed by atoms with van der Waals surface area (Å²) in [4.78, 5) is 27.5. The fourth-order valence-corrected chi connectivity index (χ4v) is 4.14. The van der Waals surface area contributed by atoms with Gasteiger partial charge in [0, 0.05) is 16.8 Å². The molecule has 1 atom stereocenters. The van der Waals surface area contributed by atoms with Gasteiger partial charge in [-0.1, -0.05) is 35.9 Å². The lowest BCUT2D eigenvalue weighted by Gasteiger charge is -2.26. The van der Waals surface area contributed by atoms with Crippen LogP contribution in [0, 0.1) is 12.7 Å². The fourth-order valence-electron chi connectivity index (χ4n) is 4.14. The second kappa shape index (κ2) is 8.09. The molecule has 166 valence electrons. The van der Waals surface area contributed by atoms with E-state index in [1.165, 1.54) is 23.1 Å². The second-order valence-electron chi connectivity index (χ2n) is 7.88. The molecule has 0 bridgehead atoms. The van der Waals surface area contributed by atoms with E-state index in [-0.39, 0.29) is 16.7 Å². The van der Waals surface area contributed by atoms with Gasteiger partial charge in [0.25, 0.3) is 11.7 Å². The van der Waals surface area contributed by atoms with Gasteiger partial charge in [0.2, 0.25) is 0 Å². The third kappa shape index (κ3) is 3.51. The van der Waals surface area contributed by atoms with E-state index in [0.29, 0.717) is 30.4 Å². The van der Waals surface area contributed by atoms with E-state index in [4.69, 9.17) is 9.47 Å². The number of anilines is 1. The average Bonchev–Trinajstić information content (AvgIpc) is 3.09. The van der Waals surface area contributed by atoms with Crippen molar-refractivity contribution in [2.24, 2.45) is 0 Å². The van der Waals surface area contributed by atoms with Crippen LogP contribution >= 0.6 is 0 Å². The molecule has 0 aromatic heterocycles. The fraction of sp³-hybridized carbons (Fsp3) is 0.154. The number of ketones is 1. The van der Waals surface area contributed by atoms with Crippen LogP contribution in [-0.4, -0.2) is 30.0 Å². The lowest BCUT2D eigenvalue weighted by atomic mass is 9.94. The molecule has 1 fully saturated rings. The molecular formula is C26H20FNO5. The summed E-state index contributed by atoms with van der Waals surface area (Å²) in [6, 6.07) is 16.5. The molecule has 6 nitrogen and oxygen atoms in total. The van der Waals surface area contributed by atoms with Gasteiger partial charge in [0.15, 0.2) is 11.5 Å². The van der Waals surface area contributed by atoms with Crippen molar-refractivity contribution in [3.63, 3.8) is 0 Å². The molecule has 0 aliphatic carbocycles. The van der Waals surface area contributed by atoms with Gasteiger partial charge in [-0.25, -0.2) is 4.39 Å². The quantitative estimate of drug-likeness (QED) is 0.364. The van der Waals surface area contributed by atoms with Crippen molar-refractivity contribution in [1.82, 2.24) is 0 Å². The van der Waals surface area contributed by atoms with E-state index < -0.39 is 29.3 Å². The third-order valence-electron chi connectivity index (χ3n) is 5.77. The Hall–Kier alpha value is -4.13. The smallest absolute Gasteiger partial charge is 0.300 e. The van der Waals surface area contributed by atoms with Gasteiger partial charge in [-0.05, 0) is 43.3 Å². The monoisotopic (exact) mass is 445 g/mol. The number of rotatable bonds is 3. The van der Waals surface area contributed by atoms with Crippen LogP contribution in [0.1, 0.15) is 22.7 Å². The average molecular weight is 445 g/mol. The zero-order chi connectivity index (χ0) is 23.1. The number of hydrogen-bond acceptors (Lipinski definition) is 5. The molecule has 1 unspecified atom stereocenters. The summed E-state index contributed by atoms with van der Waals surface area (Å²) in [7, 11) is 0. The molecule has 1 amide bonds. The molecule has 2 aliphatic heterocycles. The van der Waals surface area contributed by atoms with Crippen molar-refractivity contribution in [2.45, 2.75) is 13.0 Å². The highest BCUT2D eigenvalue weighted by molar-refractivity contribution is 6.51. The molecule has 33 heavy (non-hydrogen) atoms. The molecule has 0 radical (unpaired) electrons. The predicted octanol–water partition coefficient (Wildman–Crippen LogP) is 4.53. The predicted molar refractivity (Wildman–Crippen MR) is 120 cm³/mol. The summed E-state index contributed by atoms with van der Waals surface area (Å²) < 4.78 is 26.0. The van der Waals surface area contributed by atoms with Crippen molar-refractivity contribution in [3.8, 4) is 11.5 Å². The first-order valence-corrected chi connectivity index (χ1v) is 10.5. The lowest BCUT2D eigenvalue weighted by Crippen LogP contribution is -2.29. The van der Waals surface area contributed by atoms with Crippen LogP contribution in [0.4, 0.5) is 10.1 Å². The Labute approximate surface area is 189 Å². The Morgan fingerprint density at radius 2 is 1.67 bits per heavy atom. The number of fused-ring (bicyclic) bond motifs is 1. The van der Waals surface area contributed by atoms with Gasteiger partial charge in [-0.3, -0.25) is 14.5 Å². The molecule has 0 spiro atoms. The summed E-state index contributed by atoms with van der Waals surface area (Å²) in [5, 5.41) is 11.2. The van der Waals surface area contributed by atoms with Gasteiger partial charge in [-0.2, -0.15) is 0 Å². The van der Waals surface area contributed by atoms with E-state index in [0.717, 1.165) is 5.56 Å². The molecule has 3 aromatic carbocycles. The maximum atomic E-state index is 14.9. The number of Topliss-reactive ketones (excluding diaryl/α,β-unsaturated/α-hetero) is 1. The molecule has 7 heteroatoms. The van der Waals surface area contributed by atoms with Crippen molar-refractivity contribution >= 4 is 23.1 Å². The van der Waals surface area contributed by atoms with Crippen molar-refractivity contribution in [2.75, 3.05) is 18.1 Å². The number of aliphatic hydroxyl groups excluding tert-OH is 1. The minimum atomic E-state index is -1.14. The Morgan fingerprint density at radius 3 is 2.39 bits per heavy atom. The van der Waals surface area contributed by atoms with Gasteiger partial charge < -0.3 is 14.6 Å². The van der Waals surface area contributed by atoms with E-state index in [1.807, 2.05) is 6.92 Å². The Bertz CT molecular complexity index is 1300. The summed E-state index contributed by atoms with van der Waals surface area (Å²) in [5.74, 6) is -1.80. The summed E-state index contributed by atoms with van der Waals surface area (Å²) in [5.41, 5.74) is 1.58. The molecule has 1 N–H and O–H groups in total. The molecule has 2 aliphatic rings. The summed E-state index contributed by atoms with van der Waals surface area (Å²) in [6.07, 6.45) is 0. The standard InChI is InChI=1S/C26H20FNO5/c1-15-6-9-17(10-7-15)28-23(18-4-2-3-5-19(18)27)22(25(30)26(28)31)24(29)16-8-11-20-21(14-16)33-13-12-32-20/h2-11,14,23,29H,12-13H2,1H3/b24-22+. The van der Waals surface area contributed by atoms with Crippen molar-refractivity contribution < 1.29 is 28.6 Å². The number of ether oxygens (including phenoxy) is 2. The first-order valence-electron chi connectivity index (χ1n) is 10.5. The van der Waals surface area contributed by atoms with E-state index in [9.17, 15) is 19.1 Å². The van der Waals surface area contributed by atoms with Gasteiger partial charge in [0.1, 0.15) is 24.8 Å². The number of aliphatic hydroxyl groups is 1. The number of halogens is 1. The normalized spacial score (nSPS) is 19.1. The molecule has 5 rings (SSSR count). The number of benzene rings is 3. The number of carbonyl (C=O) groups excluding carboxylic acids is 2. The number of aryl methyl sites for hydroxylation is 1. The van der Waals surface area contributed by atoms with Gasteiger partial charge in [0.05, 0.1) is 11.6 Å². The number of nitrogens with zero attached hydrogens (tertiary/aromatic N) is 1. The lowest BCUT2D eigenvalue weighted by molar-refractivity contribution is -0.132. The molecule has 2 heterocycles. The van der Waals surface area contributed by atoms with Crippen molar-refractivity contribution in [1.29, 1.82) is 0 Å². The highest BCUT2D eigenvalue weighted by atomic mass is 19.1. The third-order valence-corrected chi connectivity index (χ3v) is 5.77. The Kier molecular flexibility index (Phi) is 5.09. The maximum absolute atomic E-state index is 14.9. The SMILES string of the molecule is Cc1ccc(N2C(=O)C(=O)/C(=C(/O)c3ccc4c(c3)OCCO4)C2c2ccccc2F)cc1. The second-order valence-corrected chi connectivity index (χ2v) is 7.88. The highest BCUT2D eigenvalue weighted by Crippen LogP contribution is 2.43. The first kappa shape index (κ1) is 20.8. The molecule has 0 saturated carbocycles. The van der Waals surface area contributed by atoms with Crippen LogP contribution in [0.5, 0.6) is 11.5 Å². The van der Waals surface area contributed by atoms with Crippen LogP contribution in [0.3, 0.4) is 0 Å². The minimum absolute atomic E-state index is 0.108. The summed E-state index contributed by atoms with van der Waals surface area (Å²) in [6.45, 7) is 2.66. The minimum Gasteiger partial charge on any atom is -0.507 e. The topological polar surface area (TPSA) is 76.1 Å². The van der Waals surface area contributed by atoms with Crippen LogP contribution in [0.2, 0.25) is 0 Å². The molecular weight excluding hydrogens is 425 g/mol. The van der Waals surface area contributed by atoms with Crippen LogP contribution in [0.25, 0.3) is 5.76 Å². The Morgan fingerprint density at radius 1 is 0.970 bits per heavy atom. The molecule has 1 saturated heterocycles. The number of hydrogen-bond donors (Lipinski definition) is 1. The van der Waals surface area contributed by atoms with E-state index >= 15 is 0 Å². The van der Waals surface area contributed by atoms with E-state index in [2.05, 4.69) is 0 Å². The maximum Gasteiger partial charge on any atom is 0.300 e. The zero-order valence-corrected chi connectivity index (χ0v) is 17.7. The van der Waals surface area contributed by atoms with E-state index in [1.54, 1.807) is 48.5 Å². The number of amides is 1. The number of carbonyl (C=O) groups is 2. The highest BCUT2D eigenvalue weighted by Gasteiger charge is 2.47. The zero-order valence-electron chi connectivity index (χ0n) is 17.7. The Balaban J connectivity index is 1.71. The summed E-state index contributed by atoms with van der Waals surface area (Å²) >= 11 is 0. The van der Waals surface area contributed by atoms with Crippen LogP contribution in [-0.2, 0) is 9.59 Å². The van der Waals surface area contributed by atoms with Gasteiger partial charge in [-0.15, -0.1) is 0 Å². The van der Waals surface area contributed by atoms with Crippen LogP contribution in [0.15, 0.2) is 72.3 Å². The molecule has 3 aromatic rings. The largest absolute Gasteiger partial charge is 0.507 e.